The molecular formula is CH5NO4S2Se. The maximum absolute atomic E-state index is 9.11. The second-order valence-corrected chi connectivity index (χ2v) is 2.75. The van der Waals surface area contributed by atoms with Crippen molar-refractivity contribution >= 4 is 37.3 Å². The summed E-state index contributed by atoms with van der Waals surface area (Å²) in [6.07, 6.45) is 0.750. The standard InChI is InChI=1S/CHNO.H2O3S2.H2Se/c2-1-3;1-5(2,3)4;/h3H;(H2,1,2,3,4);1H2. The third-order valence-corrected chi connectivity index (χ3v) is 0. The van der Waals surface area contributed by atoms with Gasteiger partial charge in [-0.1, -0.05) is 0 Å². The quantitative estimate of drug-likeness (QED) is 0.354. The normalized spacial score (nSPS) is 7.22. The van der Waals surface area contributed by atoms with Crippen molar-refractivity contribution in [3.63, 3.8) is 0 Å². The molecule has 8 heteroatoms. The summed E-state index contributed by atoms with van der Waals surface area (Å²) in [6, 6.07) is 0. The zero-order chi connectivity index (χ0) is 7.21. The van der Waals surface area contributed by atoms with Crippen molar-refractivity contribution in [2.75, 3.05) is 0 Å². The van der Waals surface area contributed by atoms with Crippen LogP contribution in [-0.2, 0) is 20.2 Å². The van der Waals surface area contributed by atoms with Gasteiger partial charge in [-0.3, -0.25) is 9.11 Å². The molecule has 0 saturated carbocycles. The molecule has 0 rings (SSSR count). The number of nitriles is 1. The topological polar surface area (TPSA) is 102 Å². The summed E-state index contributed by atoms with van der Waals surface area (Å²) in [4.78, 5) is 0. The molecule has 0 aliphatic carbocycles. The second-order valence-electron chi connectivity index (χ2n) is 0.548. The third-order valence-electron chi connectivity index (χ3n) is 0. The molecule has 0 radical (unpaired) electrons. The van der Waals surface area contributed by atoms with Crippen molar-refractivity contribution in [3.8, 4) is 6.26 Å². The Morgan fingerprint density at radius 1 is 1.56 bits per heavy atom. The van der Waals surface area contributed by atoms with Gasteiger partial charge in [-0.15, -0.1) is 0 Å². The predicted octanol–water partition coefficient (Wildman–Crippen LogP) is -1.40. The summed E-state index contributed by atoms with van der Waals surface area (Å²) in [5, 5.41) is 13.8. The van der Waals surface area contributed by atoms with Crippen LogP contribution >= 0.6 is 0 Å². The minimum absolute atomic E-state index is 0. The fraction of sp³-hybridized carbons (Fsp3) is 0. The number of aliphatic hydroxyl groups excluding tert-OH is 1. The first-order chi connectivity index (χ1) is 3.41. The van der Waals surface area contributed by atoms with Crippen molar-refractivity contribution in [2.45, 2.75) is 0 Å². The molecule has 0 fully saturated rings. The van der Waals surface area contributed by atoms with Crippen molar-refractivity contribution in [2.24, 2.45) is 0 Å². The molecule has 0 aromatic heterocycles. The van der Waals surface area contributed by atoms with E-state index in [0.717, 1.165) is 6.26 Å². The molecule has 0 heterocycles. The molecule has 0 bridgehead atoms. The van der Waals surface area contributed by atoms with Crippen LogP contribution in [0, 0.1) is 11.5 Å². The first-order valence-corrected chi connectivity index (χ1v) is 3.54. The summed E-state index contributed by atoms with van der Waals surface area (Å²) in [5.41, 5.74) is 0. The van der Waals surface area contributed by atoms with Gasteiger partial charge in [0, 0.05) is 11.2 Å². The van der Waals surface area contributed by atoms with Crippen LogP contribution in [0.25, 0.3) is 0 Å². The van der Waals surface area contributed by atoms with E-state index in [0.29, 0.717) is 0 Å². The molecule has 0 amide bonds. The Labute approximate surface area is 67.5 Å². The molecule has 56 valence electrons. The number of rotatable bonds is 0. The SMILES string of the molecule is N#CO.O=S(O)(O)=S.[SeH2]. The van der Waals surface area contributed by atoms with Crippen LogP contribution in [0.2, 0.25) is 0 Å². The Morgan fingerprint density at radius 2 is 1.56 bits per heavy atom. The van der Waals surface area contributed by atoms with Crippen LogP contribution in [-0.4, -0.2) is 35.5 Å². The second kappa shape index (κ2) is 8.10. The number of hydrogen-bond acceptors (Lipinski definition) is 4. The van der Waals surface area contributed by atoms with Crippen LogP contribution in [0.1, 0.15) is 0 Å². The van der Waals surface area contributed by atoms with Crippen molar-refractivity contribution in [3.05, 3.63) is 0 Å². The fourth-order valence-electron chi connectivity index (χ4n) is 0. The van der Waals surface area contributed by atoms with E-state index < -0.39 is 9.05 Å². The summed E-state index contributed by atoms with van der Waals surface area (Å²) < 4.78 is 24.0. The van der Waals surface area contributed by atoms with Crippen LogP contribution in [0.5, 0.6) is 0 Å². The van der Waals surface area contributed by atoms with Gasteiger partial charge in [-0.2, -0.15) is 9.47 Å². The number of hydrogen-bond donors (Lipinski definition) is 3. The van der Waals surface area contributed by atoms with Gasteiger partial charge in [0.15, 0.2) is 0 Å². The molecule has 0 spiro atoms. The van der Waals surface area contributed by atoms with Crippen LogP contribution in [0.4, 0.5) is 0 Å². The molecule has 3 N–H and O–H groups in total. The number of nitrogens with zero attached hydrogens (tertiary/aromatic N) is 1. The molecule has 0 aromatic rings. The van der Waals surface area contributed by atoms with Crippen molar-refractivity contribution < 1.29 is 18.4 Å². The van der Waals surface area contributed by atoms with E-state index in [9.17, 15) is 0 Å². The predicted molar refractivity (Wildman–Crippen MR) is 36.9 cm³/mol. The van der Waals surface area contributed by atoms with Gasteiger partial charge in [0.1, 0.15) is 0 Å². The Hall–Kier alpha value is 0.0995. The van der Waals surface area contributed by atoms with Gasteiger partial charge in [0.2, 0.25) is 0 Å². The monoisotopic (exact) mass is 239 g/mol. The van der Waals surface area contributed by atoms with Gasteiger partial charge < -0.3 is 5.11 Å². The molecule has 0 aromatic carbocycles. The van der Waals surface area contributed by atoms with E-state index >= 15 is 0 Å². The summed E-state index contributed by atoms with van der Waals surface area (Å²) >= 11 is 3.47. The zero-order valence-electron chi connectivity index (χ0n) is 4.01. The Balaban J connectivity index is -0.0000000800. The van der Waals surface area contributed by atoms with E-state index in [4.69, 9.17) is 23.7 Å². The molecule has 5 nitrogen and oxygen atoms in total. The molecule has 0 aliphatic heterocycles. The first-order valence-electron chi connectivity index (χ1n) is 1.15. The summed E-state index contributed by atoms with van der Waals surface area (Å²) in [5.74, 6) is 0. The van der Waals surface area contributed by atoms with Crippen LogP contribution < -0.4 is 0 Å². The average Bonchev–Trinajstić information content (AvgIpc) is 1.27. The molecule has 9 heavy (non-hydrogen) atoms. The summed E-state index contributed by atoms with van der Waals surface area (Å²) in [6.45, 7) is 0. The van der Waals surface area contributed by atoms with Crippen LogP contribution in [0.3, 0.4) is 0 Å². The van der Waals surface area contributed by atoms with Gasteiger partial charge in [-0.05, 0) is 0 Å². The summed E-state index contributed by atoms with van der Waals surface area (Å²) in [7, 11) is -3.83. The molecule has 0 unspecified atom stereocenters. The Kier molecular flexibility index (Phi) is 14.4. The molecule has 0 aliphatic rings. The van der Waals surface area contributed by atoms with E-state index in [1.807, 2.05) is 0 Å². The van der Waals surface area contributed by atoms with Crippen molar-refractivity contribution in [1.82, 2.24) is 0 Å². The third kappa shape index (κ3) is 30400. The van der Waals surface area contributed by atoms with Gasteiger partial charge >= 0.3 is 17.1 Å². The fourth-order valence-corrected chi connectivity index (χ4v) is 0. The van der Waals surface area contributed by atoms with Crippen molar-refractivity contribution in [1.29, 1.82) is 5.26 Å². The van der Waals surface area contributed by atoms with E-state index in [1.165, 1.54) is 0 Å². The average molecular weight is 238 g/mol. The van der Waals surface area contributed by atoms with E-state index in [2.05, 4.69) is 11.2 Å². The maximum atomic E-state index is 9.11. The van der Waals surface area contributed by atoms with Crippen LogP contribution in [0.15, 0.2) is 0 Å². The molecule has 0 saturated heterocycles. The molecule has 0 atom stereocenters. The van der Waals surface area contributed by atoms with Gasteiger partial charge in [0.05, 0.1) is 0 Å². The molecular weight excluding hydrogens is 233 g/mol. The van der Waals surface area contributed by atoms with E-state index in [-0.39, 0.29) is 17.1 Å². The zero-order valence-corrected chi connectivity index (χ0v) is 7.74. The van der Waals surface area contributed by atoms with Gasteiger partial charge in [0.25, 0.3) is 15.3 Å². The Morgan fingerprint density at radius 3 is 1.56 bits per heavy atom. The minimum atomic E-state index is -3.83. The first kappa shape index (κ1) is 16.0. The van der Waals surface area contributed by atoms with E-state index in [1.54, 1.807) is 0 Å². The van der Waals surface area contributed by atoms with Gasteiger partial charge in [-0.25, -0.2) is 0 Å². The number of aliphatic hydroxyl groups is 1. The Bertz CT molecular complexity index is 159.